The molecule has 0 fully saturated rings. The molecule has 0 aliphatic heterocycles. The van der Waals surface area contributed by atoms with E-state index >= 15 is 0 Å². The molecule has 0 heterocycles. The lowest BCUT2D eigenvalue weighted by molar-refractivity contribution is 1.36. The number of hydrogen-bond acceptors (Lipinski definition) is 2. The highest BCUT2D eigenvalue weighted by atomic mass is 14.5. The van der Waals surface area contributed by atoms with Crippen LogP contribution in [0.5, 0.6) is 0 Å². The van der Waals surface area contributed by atoms with Gasteiger partial charge in [-0.2, -0.15) is 5.26 Å². The Morgan fingerprint density at radius 3 is 2.69 bits per heavy atom. The summed E-state index contributed by atoms with van der Waals surface area (Å²) < 4.78 is 0. The summed E-state index contributed by atoms with van der Waals surface area (Å²) in [7, 11) is 0. The first-order chi connectivity index (χ1) is 7.83. The molecule has 0 bridgehead atoms. The van der Waals surface area contributed by atoms with Gasteiger partial charge >= 0.3 is 0 Å². The molecule has 0 spiro atoms. The number of hydrogen-bond donors (Lipinski definition) is 1. The molecule has 0 aliphatic carbocycles. The topological polar surface area (TPSA) is 49.8 Å². The summed E-state index contributed by atoms with van der Waals surface area (Å²) in [5.74, 6) is 0. The number of nitriles is 1. The summed E-state index contributed by atoms with van der Waals surface area (Å²) >= 11 is 0. The largest absolute Gasteiger partial charge is 0.398 e. The molecule has 0 atom stereocenters. The Bertz CT molecular complexity index is 577. The SMILES string of the molecule is N#CCC=Cc1cccc2c(N)cccc12. The molecule has 2 rings (SSSR count). The quantitative estimate of drug-likeness (QED) is 0.769. The average Bonchev–Trinajstić information content (AvgIpc) is 2.31. The van der Waals surface area contributed by atoms with Crippen LogP contribution < -0.4 is 5.73 Å². The van der Waals surface area contributed by atoms with Crippen LogP contribution in [-0.4, -0.2) is 0 Å². The van der Waals surface area contributed by atoms with Crippen LogP contribution in [0.1, 0.15) is 12.0 Å². The second-order valence-corrected chi connectivity index (χ2v) is 3.55. The summed E-state index contributed by atoms with van der Waals surface area (Å²) in [6, 6.07) is 14.0. The maximum absolute atomic E-state index is 8.48. The van der Waals surface area contributed by atoms with Gasteiger partial charge in [-0.05, 0) is 17.0 Å². The van der Waals surface area contributed by atoms with Crippen LogP contribution in [0.15, 0.2) is 42.5 Å². The number of nitrogen functional groups attached to an aromatic ring is 1. The molecule has 0 amide bonds. The van der Waals surface area contributed by atoms with E-state index in [1.54, 1.807) is 0 Å². The lowest BCUT2D eigenvalue weighted by Crippen LogP contribution is -1.87. The molecule has 0 aromatic heterocycles. The molecule has 2 nitrogen and oxygen atoms in total. The summed E-state index contributed by atoms with van der Waals surface area (Å²) in [4.78, 5) is 0. The van der Waals surface area contributed by atoms with Gasteiger partial charge in [-0.1, -0.05) is 42.5 Å². The van der Waals surface area contributed by atoms with Crippen molar-refractivity contribution >= 4 is 22.5 Å². The van der Waals surface area contributed by atoms with E-state index in [1.807, 2.05) is 48.6 Å². The number of rotatable bonds is 2. The van der Waals surface area contributed by atoms with Crippen molar-refractivity contribution in [2.45, 2.75) is 6.42 Å². The molecule has 0 saturated heterocycles. The van der Waals surface area contributed by atoms with Crippen LogP contribution in [0.25, 0.3) is 16.8 Å². The fourth-order valence-corrected chi connectivity index (χ4v) is 1.74. The van der Waals surface area contributed by atoms with E-state index in [2.05, 4.69) is 6.07 Å². The third-order valence-electron chi connectivity index (χ3n) is 2.50. The summed E-state index contributed by atoms with van der Waals surface area (Å²) in [5.41, 5.74) is 7.79. The van der Waals surface area contributed by atoms with E-state index in [9.17, 15) is 0 Å². The van der Waals surface area contributed by atoms with Crippen molar-refractivity contribution < 1.29 is 0 Å². The molecule has 0 radical (unpaired) electrons. The Hall–Kier alpha value is -2.27. The van der Waals surface area contributed by atoms with Crippen molar-refractivity contribution in [1.29, 1.82) is 5.26 Å². The molecule has 78 valence electrons. The average molecular weight is 208 g/mol. The number of nitrogens with zero attached hydrogens (tertiary/aromatic N) is 1. The maximum Gasteiger partial charge on any atom is 0.0663 e. The predicted molar refractivity (Wildman–Crippen MR) is 67.6 cm³/mol. The minimum atomic E-state index is 0.429. The first-order valence-electron chi connectivity index (χ1n) is 5.13. The highest BCUT2D eigenvalue weighted by Crippen LogP contribution is 2.24. The summed E-state index contributed by atoms with van der Waals surface area (Å²) in [6.07, 6.45) is 4.25. The van der Waals surface area contributed by atoms with E-state index in [-0.39, 0.29) is 0 Å². The number of nitrogens with two attached hydrogens (primary N) is 1. The molecule has 16 heavy (non-hydrogen) atoms. The van der Waals surface area contributed by atoms with Gasteiger partial charge in [-0.15, -0.1) is 0 Å². The van der Waals surface area contributed by atoms with Crippen LogP contribution in [0.4, 0.5) is 5.69 Å². The van der Waals surface area contributed by atoms with Gasteiger partial charge in [0.05, 0.1) is 12.5 Å². The van der Waals surface area contributed by atoms with Crippen molar-refractivity contribution in [3.05, 3.63) is 48.0 Å². The van der Waals surface area contributed by atoms with Crippen molar-refractivity contribution in [3.63, 3.8) is 0 Å². The molecular formula is C14H12N2. The molecule has 0 aliphatic rings. The molecular weight excluding hydrogens is 196 g/mol. The van der Waals surface area contributed by atoms with E-state index in [0.29, 0.717) is 6.42 Å². The Morgan fingerprint density at radius 1 is 1.12 bits per heavy atom. The van der Waals surface area contributed by atoms with E-state index in [1.165, 1.54) is 0 Å². The van der Waals surface area contributed by atoms with Crippen LogP contribution in [-0.2, 0) is 0 Å². The van der Waals surface area contributed by atoms with Crippen molar-refractivity contribution in [1.82, 2.24) is 0 Å². The van der Waals surface area contributed by atoms with Gasteiger partial charge in [0, 0.05) is 11.1 Å². The fourth-order valence-electron chi connectivity index (χ4n) is 1.74. The molecule has 0 saturated carbocycles. The lowest BCUT2D eigenvalue weighted by atomic mass is 10.0. The standard InChI is InChI=1S/C14H12N2/c15-10-2-1-5-11-6-3-8-13-12(11)7-4-9-14(13)16/h1,3-9H,2,16H2. The predicted octanol–water partition coefficient (Wildman–Crippen LogP) is 3.35. The van der Waals surface area contributed by atoms with Crippen molar-refractivity contribution in [3.8, 4) is 6.07 Å². The van der Waals surface area contributed by atoms with Crippen LogP contribution in [0.3, 0.4) is 0 Å². The first kappa shape index (κ1) is 10.3. The van der Waals surface area contributed by atoms with Gasteiger partial charge in [0.25, 0.3) is 0 Å². The second kappa shape index (κ2) is 4.50. The molecule has 0 unspecified atom stereocenters. The second-order valence-electron chi connectivity index (χ2n) is 3.55. The number of anilines is 1. The van der Waals surface area contributed by atoms with Crippen molar-refractivity contribution in [2.24, 2.45) is 0 Å². The van der Waals surface area contributed by atoms with Crippen LogP contribution in [0.2, 0.25) is 0 Å². The number of allylic oxidation sites excluding steroid dienone is 1. The van der Waals surface area contributed by atoms with Gasteiger partial charge in [0.2, 0.25) is 0 Å². The highest BCUT2D eigenvalue weighted by molar-refractivity contribution is 5.97. The van der Waals surface area contributed by atoms with Crippen molar-refractivity contribution in [2.75, 3.05) is 5.73 Å². The molecule has 2 N–H and O–H groups in total. The van der Waals surface area contributed by atoms with Gasteiger partial charge < -0.3 is 5.73 Å². The van der Waals surface area contributed by atoms with Gasteiger partial charge in [-0.25, -0.2) is 0 Å². The molecule has 2 heteroatoms. The van der Waals surface area contributed by atoms with Gasteiger partial charge in [0.1, 0.15) is 0 Å². The van der Waals surface area contributed by atoms with E-state index < -0.39 is 0 Å². The minimum absolute atomic E-state index is 0.429. The first-order valence-corrected chi connectivity index (χ1v) is 5.13. The monoisotopic (exact) mass is 208 g/mol. The minimum Gasteiger partial charge on any atom is -0.398 e. The lowest BCUT2D eigenvalue weighted by Gasteiger charge is -2.04. The zero-order valence-corrected chi connectivity index (χ0v) is 8.85. The Balaban J connectivity index is 2.55. The number of fused-ring (bicyclic) bond motifs is 1. The van der Waals surface area contributed by atoms with Gasteiger partial charge in [0.15, 0.2) is 0 Å². The fraction of sp³-hybridized carbons (Fsp3) is 0.0714. The smallest absolute Gasteiger partial charge is 0.0663 e. The Morgan fingerprint density at radius 2 is 1.88 bits per heavy atom. The summed E-state index contributed by atoms with van der Waals surface area (Å²) in [6.45, 7) is 0. The Kier molecular flexibility index (Phi) is 2.88. The van der Waals surface area contributed by atoms with E-state index in [0.717, 1.165) is 22.0 Å². The third kappa shape index (κ3) is 1.89. The number of benzene rings is 2. The van der Waals surface area contributed by atoms with Crippen LogP contribution >= 0.6 is 0 Å². The zero-order chi connectivity index (χ0) is 11.4. The maximum atomic E-state index is 8.48. The Labute approximate surface area is 94.6 Å². The molecule has 2 aromatic rings. The molecule has 2 aromatic carbocycles. The normalized spacial score (nSPS) is 10.7. The summed E-state index contributed by atoms with van der Waals surface area (Å²) in [5, 5.41) is 10.7. The van der Waals surface area contributed by atoms with Gasteiger partial charge in [-0.3, -0.25) is 0 Å². The van der Waals surface area contributed by atoms with Crippen LogP contribution in [0, 0.1) is 11.3 Å². The zero-order valence-electron chi connectivity index (χ0n) is 8.85. The third-order valence-corrected chi connectivity index (χ3v) is 2.50. The van der Waals surface area contributed by atoms with E-state index in [4.69, 9.17) is 11.0 Å². The highest BCUT2D eigenvalue weighted by Gasteiger charge is 1.99.